The van der Waals surface area contributed by atoms with Gasteiger partial charge in [-0.1, -0.05) is 126 Å². The number of aromatic nitrogens is 2. The van der Waals surface area contributed by atoms with Gasteiger partial charge in [0.15, 0.2) is 0 Å². The minimum atomic E-state index is -1.03. The number of hydrogen-bond acceptors (Lipinski definition) is 2. The number of para-hydroxylation sites is 3. The topological polar surface area (TPSA) is 31.0 Å². The van der Waals surface area contributed by atoms with Gasteiger partial charge in [0.25, 0.3) is 0 Å². The number of hydrogen-bond donors (Lipinski definition) is 0. The summed E-state index contributed by atoms with van der Waals surface area (Å²) in [6, 6.07) is 43.9. The second-order valence-electron chi connectivity index (χ2n) is 16.4. The van der Waals surface area contributed by atoms with Crippen molar-refractivity contribution >= 4 is 33.0 Å². The van der Waals surface area contributed by atoms with E-state index in [0.717, 1.165) is 109 Å². The molecule has 0 amide bonds. The van der Waals surface area contributed by atoms with Crippen molar-refractivity contribution < 1.29 is 8.53 Å². The van der Waals surface area contributed by atoms with Crippen LogP contribution in [-0.4, -0.2) is 9.55 Å². The Labute approximate surface area is 323 Å². The second-order valence-corrected chi connectivity index (χ2v) is 16.4. The fourth-order valence-electron chi connectivity index (χ4n) is 8.44. The molecule has 0 bridgehead atoms. The third-order valence-corrected chi connectivity index (χ3v) is 11.7. The first-order valence-electron chi connectivity index (χ1n) is 20.9. The normalized spacial score (nSPS) is 16.7. The zero-order valence-corrected chi connectivity index (χ0v) is 32.3. The van der Waals surface area contributed by atoms with Crippen molar-refractivity contribution in [1.29, 1.82) is 0 Å². The maximum Gasteiger partial charge on any atom is 0.149 e. The van der Waals surface area contributed by atoms with E-state index >= 15 is 0 Å². The van der Waals surface area contributed by atoms with E-state index in [9.17, 15) is 4.11 Å². The van der Waals surface area contributed by atoms with Gasteiger partial charge in [-0.15, -0.1) is 0 Å². The zero-order valence-electron chi connectivity index (χ0n) is 35.3. The molecule has 54 heavy (non-hydrogen) atoms. The summed E-state index contributed by atoms with van der Waals surface area (Å²) in [5, 5.41) is 2.04. The van der Waals surface area contributed by atoms with Crippen molar-refractivity contribution in [2.45, 2.75) is 84.9 Å². The Kier molecular flexibility index (Phi) is 7.73. The van der Waals surface area contributed by atoms with Crippen LogP contribution in [0.25, 0.3) is 72.3 Å². The van der Waals surface area contributed by atoms with Gasteiger partial charge < -0.3 is 4.42 Å². The molecule has 8 aromatic rings. The summed E-state index contributed by atoms with van der Waals surface area (Å²) in [4.78, 5) is 5.30. The van der Waals surface area contributed by atoms with Crippen molar-refractivity contribution in [3.63, 3.8) is 0 Å². The minimum Gasteiger partial charge on any atom is -0.455 e. The van der Waals surface area contributed by atoms with Gasteiger partial charge >= 0.3 is 0 Å². The molecule has 1 saturated carbocycles. The standard InChI is InChI=1S/C51H50N2O/c1-32(2)43-29-39(36-21-19-35(20-22-36)37-25-27-51(5,6)28-26-37)30-44(33(3)4)48(43)53-46-18-11-10-17-45(46)52-50(53)42-16-12-15-41-40-24-23-38(31-47(40)54-49(41)42)34-13-8-7-9-14-34/h7-24,29-33,37H,25-28H2,1-6H3/i32D,33D,37D. The van der Waals surface area contributed by atoms with Gasteiger partial charge in [-0.25, -0.2) is 4.98 Å². The van der Waals surface area contributed by atoms with E-state index in [1.54, 1.807) is 0 Å². The van der Waals surface area contributed by atoms with Crippen molar-refractivity contribution in [3.05, 3.63) is 144 Å². The summed E-state index contributed by atoms with van der Waals surface area (Å²) < 4.78 is 37.6. The van der Waals surface area contributed by atoms with Gasteiger partial charge in [-0.3, -0.25) is 4.57 Å². The van der Waals surface area contributed by atoms with E-state index in [1.165, 1.54) is 0 Å². The van der Waals surface area contributed by atoms with E-state index in [4.69, 9.17) is 9.40 Å². The summed E-state index contributed by atoms with van der Waals surface area (Å²) in [5.74, 6) is -1.94. The molecule has 0 saturated heterocycles. The van der Waals surface area contributed by atoms with Crippen LogP contribution < -0.4 is 0 Å². The lowest BCUT2D eigenvalue weighted by atomic mass is 9.71. The number of benzene rings is 6. The van der Waals surface area contributed by atoms with Crippen molar-refractivity contribution in [3.8, 4) is 39.3 Å². The summed E-state index contributed by atoms with van der Waals surface area (Å²) >= 11 is 0. The van der Waals surface area contributed by atoms with Crippen LogP contribution >= 0.6 is 0 Å². The Morgan fingerprint density at radius 1 is 0.685 bits per heavy atom. The van der Waals surface area contributed by atoms with Crippen LogP contribution in [0.4, 0.5) is 0 Å². The van der Waals surface area contributed by atoms with Crippen LogP contribution in [0, 0.1) is 5.41 Å². The molecule has 2 heterocycles. The molecular weight excluding hydrogens is 657 g/mol. The lowest BCUT2D eigenvalue weighted by molar-refractivity contribution is 0.224. The molecule has 1 aliphatic rings. The van der Waals surface area contributed by atoms with E-state index in [1.807, 2.05) is 64.1 Å². The average molecular weight is 710 g/mol. The monoisotopic (exact) mass is 709 g/mol. The Morgan fingerprint density at radius 3 is 2.04 bits per heavy atom. The highest BCUT2D eigenvalue weighted by atomic mass is 16.3. The highest BCUT2D eigenvalue weighted by Gasteiger charge is 2.28. The molecule has 0 aliphatic heterocycles. The molecule has 3 heteroatoms. The molecular formula is C51H50N2O. The van der Waals surface area contributed by atoms with Crippen molar-refractivity contribution in [2.24, 2.45) is 5.41 Å². The average Bonchev–Trinajstić information content (AvgIpc) is 3.77. The van der Waals surface area contributed by atoms with Gasteiger partial charge in [0.2, 0.25) is 0 Å². The number of fused-ring (bicyclic) bond motifs is 4. The van der Waals surface area contributed by atoms with Crippen molar-refractivity contribution in [1.82, 2.24) is 9.55 Å². The lowest BCUT2D eigenvalue weighted by Gasteiger charge is -2.34. The maximum absolute atomic E-state index is 9.64. The molecule has 6 aromatic carbocycles. The molecule has 270 valence electrons. The Morgan fingerprint density at radius 2 is 1.33 bits per heavy atom. The van der Waals surface area contributed by atoms with Gasteiger partial charge in [-0.05, 0) is 130 Å². The molecule has 0 spiro atoms. The lowest BCUT2D eigenvalue weighted by Crippen LogP contribution is -2.20. The molecule has 9 rings (SSSR count). The number of furan rings is 1. The highest BCUT2D eigenvalue weighted by molar-refractivity contribution is 6.10. The van der Waals surface area contributed by atoms with E-state index in [-0.39, 0.29) is 5.41 Å². The summed E-state index contributed by atoms with van der Waals surface area (Å²) in [6.45, 7) is 12.3. The van der Waals surface area contributed by atoms with E-state index in [2.05, 4.69) is 109 Å². The van der Waals surface area contributed by atoms with E-state index < -0.39 is 17.7 Å². The van der Waals surface area contributed by atoms with Gasteiger partial charge in [0, 0.05) is 14.9 Å². The molecule has 1 fully saturated rings. The molecule has 0 unspecified atom stereocenters. The third-order valence-electron chi connectivity index (χ3n) is 11.7. The minimum absolute atomic E-state index is 0.288. The highest BCUT2D eigenvalue weighted by Crippen LogP contribution is 2.45. The van der Waals surface area contributed by atoms with Crippen LogP contribution in [0.1, 0.15) is 106 Å². The van der Waals surface area contributed by atoms with E-state index in [0.29, 0.717) is 5.82 Å². The fraction of sp³-hybridized carbons (Fsp3) is 0.275. The molecule has 2 aromatic heterocycles. The van der Waals surface area contributed by atoms with Crippen LogP contribution in [0.15, 0.2) is 132 Å². The maximum atomic E-state index is 9.64. The molecule has 3 nitrogen and oxygen atoms in total. The number of rotatable bonds is 7. The zero-order chi connectivity index (χ0) is 39.9. The molecule has 0 N–H and O–H groups in total. The first-order chi connectivity index (χ1) is 27.1. The summed E-state index contributed by atoms with van der Waals surface area (Å²) in [7, 11) is 0. The van der Waals surface area contributed by atoms with Gasteiger partial charge in [0.1, 0.15) is 17.0 Å². The number of nitrogens with zero attached hydrogens (tertiary/aromatic N) is 2. The first-order valence-corrected chi connectivity index (χ1v) is 19.4. The second kappa shape index (κ2) is 13.5. The fourth-order valence-corrected chi connectivity index (χ4v) is 8.44. The van der Waals surface area contributed by atoms with Crippen LogP contribution in [0.3, 0.4) is 0 Å². The molecule has 1 aliphatic carbocycles. The third kappa shape index (κ3) is 6.04. The largest absolute Gasteiger partial charge is 0.455 e. The first kappa shape index (κ1) is 31.0. The predicted molar refractivity (Wildman–Crippen MR) is 228 cm³/mol. The van der Waals surface area contributed by atoms with Gasteiger partial charge in [-0.2, -0.15) is 0 Å². The van der Waals surface area contributed by atoms with Crippen LogP contribution in [-0.2, 0) is 0 Å². The van der Waals surface area contributed by atoms with Crippen molar-refractivity contribution in [2.75, 3.05) is 0 Å². The quantitative estimate of drug-likeness (QED) is 0.165. The SMILES string of the molecule is [2H]C(C)(C)c1cc(-c2ccc(C3([2H])CCC(C)(C)CC3)cc2)cc(C([2H])(C)C)c1-n1c(-c2cccc3c2oc2cc(-c4ccccc4)ccc23)nc2ccccc21. The molecule has 0 atom stereocenters. The van der Waals surface area contributed by atoms with Gasteiger partial charge in [0.05, 0.1) is 22.3 Å². The number of imidazole rings is 1. The Bertz CT molecular complexity index is 2750. The smallest absolute Gasteiger partial charge is 0.149 e. The van der Waals surface area contributed by atoms with Crippen LogP contribution in [0.5, 0.6) is 0 Å². The summed E-state index contributed by atoms with van der Waals surface area (Å²) in [5.41, 5.74) is 12.1. The Balaban J connectivity index is 1.24. The molecule has 0 radical (unpaired) electrons. The Hall–Kier alpha value is -5.41. The predicted octanol–water partition coefficient (Wildman–Crippen LogP) is 14.9. The van der Waals surface area contributed by atoms with Crippen LogP contribution in [0.2, 0.25) is 0 Å². The summed E-state index contributed by atoms with van der Waals surface area (Å²) in [6.07, 6.45) is 3.82.